The van der Waals surface area contributed by atoms with Gasteiger partial charge in [0.05, 0.1) is 0 Å². The lowest BCUT2D eigenvalue weighted by Crippen LogP contribution is -2.46. The standard InChI is InChI=1S/C23H41N5O.HI/c1-7-27(8-2)13-14-29-21-11-9-20(10-12-21)15-25-23(24-6)26-22-17-28(18(3)4)16-19(22)5;/h9-12,18-19,22H,7-8,13-17H2,1-6H3,(H2,24,25,26);1H. The highest BCUT2D eigenvalue weighted by Gasteiger charge is 2.31. The third-order valence-corrected chi connectivity index (χ3v) is 5.87. The van der Waals surface area contributed by atoms with Crippen molar-refractivity contribution >= 4 is 29.9 Å². The Morgan fingerprint density at radius 1 is 1.20 bits per heavy atom. The molecule has 0 spiro atoms. The van der Waals surface area contributed by atoms with Crippen molar-refractivity contribution < 1.29 is 4.74 Å². The molecule has 1 saturated heterocycles. The average Bonchev–Trinajstić information content (AvgIpc) is 3.10. The van der Waals surface area contributed by atoms with E-state index in [9.17, 15) is 0 Å². The first kappa shape index (κ1) is 27.0. The number of likely N-dealkylation sites (tertiary alicyclic amines) is 1. The van der Waals surface area contributed by atoms with Gasteiger partial charge in [-0.05, 0) is 50.6 Å². The van der Waals surface area contributed by atoms with E-state index in [4.69, 9.17) is 4.74 Å². The quantitative estimate of drug-likeness (QED) is 0.276. The van der Waals surface area contributed by atoms with E-state index in [0.717, 1.165) is 57.6 Å². The van der Waals surface area contributed by atoms with Crippen LogP contribution >= 0.6 is 24.0 Å². The lowest BCUT2D eigenvalue weighted by molar-refractivity contribution is 0.223. The Kier molecular flexibility index (Phi) is 12.7. The molecule has 2 rings (SSSR count). The summed E-state index contributed by atoms with van der Waals surface area (Å²) in [6, 6.07) is 9.36. The highest BCUT2D eigenvalue weighted by molar-refractivity contribution is 14.0. The molecular formula is C23H42IN5O. The van der Waals surface area contributed by atoms with E-state index in [-0.39, 0.29) is 24.0 Å². The summed E-state index contributed by atoms with van der Waals surface area (Å²) in [6.07, 6.45) is 0. The van der Waals surface area contributed by atoms with Gasteiger partial charge in [-0.15, -0.1) is 24.0 Å². The second-order valence-electron chi connectivity index (χ2n) is 8.22. The van der Waals surface area contributed by atoms with Crippen molar-refractivity contribution in [3.05, 3.63) is 29.8 Å². The minimum Gasteiger partial charge on any atom is -0.492 e. The zero-order valence-electron chi connectivity index (χ0n) is 19.6. The molecule has 0 bridgehead atoms. The fraction of sp³-hybridized carbons (Fsp3) is 0.696. The molecule has 1 fully saturated rings. The number of nitrogens with one attached hydrogen (secondary N) is 2. The van der Waals surface area contributed by atoms with Crippen LogP contribution in [0, 0.1) is 5.92 Å². The molecule has 1 aliphatic rings. The first-order valence-corrected chi connectivity index (χ1v) is 11.1. The van der Waals surface area contributed by atoms with Gasteiger partial charge in [0.2, 0.25) is 0 Å². The van der Waals surface area contributed by atoms with E-state index in [1.165, 1.54) is 5.56 Å². The maximum Gasteiger partial charge on any atom is 0.191 e. The largest absolute Gasteiger partial charge is 0.492 e. The van der Waals surface area contributed by atoms with Crippen molar-refractivity contribution in [3.63, 3.8) is 0 Å². The van der Waals surface area contributed by atoms with Gasteiger partial charge < -0.3 is 20.3 Å². The highest BCUT2D eigenvalue weighted by atomic mass is 127. The molecule has 30 heavy (non-hydrogen) atoms. The molecule has 1 aromatic carbocycles. The monoisotopic (exact) mass is 531 g/mol. The van der Waals surface area contributed by atoms with Crippen LogP contribution in [0.5, 0.6) is 5.75 Å². The Morgan fingerprint density at radius 3 is 2.40 bits per heavy atom. The molecule has 2 unspecified atom stereocenters. The Balaban J connectivity index is 0.00000450. The van der Waals surface area contributed by atoms with E-state index in [1.54, 1.807) is 0 Å². The fourth-order valence-electron chi connectivity index (χ4n) is 3.71. The molecule has 0 aliphatic carbocycles. The summed E-state index contributed by atoms with van der Waals surface area (Å²) < 4.78 is 5.87. The predicted molar refractivity (Wildman–Crippen MR) is 138 cm³/mol. The lowest BCUT2D eigenvalue weighted by atomic mass is 10.1. The number of ether oxygens (including phenoxy) is 1. The minimum atomic E-state index is 0. The molecule has 0 aromatic heterocycles. The first-order valence-electron chi connectivity index (χ1n) is 11.1. The molecular weight excluding hydrogens is 489 g/mol. The van der Waals surface area contributed by atoms with Crippen molar-refractivity contribution in [2.24, 2.45) is 10.9 Å². The summed E-state index contributed by atoms with van der Waals surface area (Å²) in [4.78, 5) is 9.29. The Hall–Kier alpha value is -1.06. The van der Waals surface area contributed by atoms with Crippen LogP contribution in [-0.2, 0) is 6.54 Å². The summed E-state index contributed by atoms with van der Waals surface area (Å²) in [5, 5.41) is 7.04. The van der Waals surface area contributed by atoms with Gasteiger partial charge in [0, 0.05) is 45.3 Å². The van der Waals surface area contributed by atoms with E-state index in [1.807, 2.05) is 7.05 Å². The Labute approximate surface area is 200 Å². The van der Waals surface area contributed by atoms with Gasteiger partial charge in [0.25, 0.3) is 0 Å². The molecule has 2 atom stereocenters. The van der Waals surface area contributed by atoms with Crippen molar-refractivity contribution in [1.82, 2.24) is 20.4 Å². The van der Waals surface area contributed by atoms with Crippen LogP contribution in [0.25, 0.3) is 0 Å². The van der Waals surface area contributed by atoms with Crippen molar-refractivity contribution in [2.75, 3.05) is 46.4 Å². The van der Waals surface area contributed by atoms with Crippen LogP contribution in [0.15, 0.2) is 29.3 Å². The number of halogens is 1. The smallest absolute Gasteiger partial charge is 0.191 e. The molecule has 172 valence electrons. The average molecular weight is 532 g/mol. The number of benzene rings is 1. The van der Waals surface area contributed by atoms with E-state index in [0.29, 0.717) is 18.0 Å². The maximum atomic E-state index is 5.87. The third kappa shape index (κ3) is 8.59. The molecule has 0 amide bonds. The molecule has 1 aliphatic heterocycles. The summed E-state index contributed by atoms with van der Waals surface area (Å²) in [5.41, 5.74) is 1.22. The van der Waals surface area contributed by atoms with Crippen LogP contribution < -0.4 is 15.4 Å². The molecule has 2 N–H and O–H groups in total. The van der Waals surface area contributed by atoms with Crippen molar-refractivity contribution in [1.29, 1.82) is 0 Å². The highest BCUT2D eigenvalue weighted by Crippen LogP contribution is 2.18. The summed E-state index contributed by atoms with van der Waals surface area (Å²) in [6.45, 7) is 18.0. The third-order valence-electron chi connectivity index (χ3n) is 5.87. The molecule has 7 heteroatoms. The normalized spacial score (nSPS) is 19.8. The van der Waals surface area contributed by atoms with Crippen LogP contribution in [0.1, 0.15) is 40.2 Å². The molecule has 1 aromatic rings. The van der Waals surface area contributed by atoms with Crippen LogP contribution in [-0.4, -0.2) is 74.2 Å². The first-order chi connectivity index (χ1) is 14.0. The second-order valence-corrected chi connectivity index (χ2v) is 8.22. The molecule has 0 saturated carbocycles. The van der Waals surface area contributed by atoms with Crippen LogP contribution in [0.4, 0.5) is 0 Å². The predicted octanol–water partition coefficient (Wildman–Crippen LogP) is 3.42. The lowest BCUT2D eigenvalue weighted by Gasteiger charge is -2.22. The SMILES string of the molecule is CCN(CC)CCOc1ccc(CNC(=NC)NC2CN(C(C)C)CC2C)cc1.I. The van der Waals surface area contributed by atoms with E-state index in [2.05, 4.69) is 84.3 Å². The number of aliphatic imine (C=N–C) groups is 1. The number of likely N-dealkylation sites (N-methyl/N-ethyl adjacent to an activating group) is 1. The number of hydrogen-bond acceptors (Lipinski definition) is 4. The number of guanidine groups is 1. The van der Waals surface area contributed by atoms with Gasteiger partial charge in [0.15, 0.2) is 5.96 Å². The molecule has 6 nitrogen and oxygen atoms in total. The van der Waals surface area contributed by atoms with Crippen molar-refractivity contribution in [3.8, 4) is 5.75 Å². The summed E-state index contributed by atoms with van der Waals surface area (Å²) in [5.74, 6) is 2.41. The number of nitrogens with zero attached hydrogens (tertiary/aromatic N) is 3. The Bertz CT molecular complexity index is 619. The minimum absolute atomic E-state index is 0. The van der Waals surface area contributed by atoms with Gasteiger partial charge in [-0.1, -0.05) is 32.9 Å². The van der Waals surface area contributed by atoms with E-state index >= 15 is 0 Å². The zero-order chi connectivity index (χ0) is 21.2. The Morgan fingerprint density at radius 2 is 1.87 bits per heavy atom. The summed E-state index contributed by atoms with van der Waals surface area (Å²) in [7, 11) is 1.84. The molecule has 1 heterocycles. The van der Waals surface area contributed by atoms with Gasteiger partial charge >= 0.3 is 0 Å². The van der Waals surface area contributed by atoms with Crippen molar-refractivity contribution in [2.45, 2.75) is 53.2 Å². The summed E-state index contributed by atoms with van der Waals surface area (Å²) >= 11 is 0. The topological polar surface area (TPSA) is 52.1 Å². The fourth-order valence-corrected chi connectivity index (χ4v) is 3.71. The number of rotatable bonds is 10. The van der Waals surface area contributed by atoms with Gasteiger partial charge in [-0.3, -0.25) is 9.89 Å². The van der Waals surface area contributed by atoms with Gasteiger partial charge in [-0.2, -0.15) is 0 Å². The second kappa shape index (κ2) is 14.1. The van der Waals surface area contributed by atoms with Gasteiger partial charge in [-0.25, -0.2) is 0 Å². The van der Waals surface area contributed by atoms with Crippen LogP contribution in [0.2, 0.25) is 0 Å². The molecule has 0 radical (unpaired) electrons. The maximum absolute atomic E-state index is 5.87. The zero-order valence-corrected chi connectivity index (χ0v) is 22.0. The van der Waals surface area contributed by atoms with E-state index < -0.39 is 0 Å². The number of hydrogen-bond donors (Lipinski definition) is 2. The van der Waals surface area contributed by atoms with Crippen LogP contribution in [0.3, 0.4) is 0 Å². The van der Waals surface area contributed by atoms with Gasteiger partial charge in [0.1, 0.15) is 12.4 Å².